The minimum Gasteiger partial charge on any atom is -0.448 e. The molecule has 12 nitrogen and oxygen atoms in total. The standard InChI is InChI=1S/C18H24O12/c1-7-13(19)26-9(3)15(21)28-11(5)17(23)30-12(6)18(24)29-10(4)16(22)27-8(2)14(20)25-7/h7-12H,1-6H3/t7-,8-,9-,10-,11-,12+/m1/s1. The maximum absolute atomic E-state index is 12.0. The lowest BCUT2D eigenvalue weighted by atomic mass is 10.3. The van der Waals surface area contributed by atoms with Gasteiger partial charge in [0.05, 0.1) is 0 Å². The van der Waals surface area contributed by atoms with E-state index in [9.17, 15) is 28.8 Å². The molecule has 0 amide bonds. The largest absolute Gasteiger partial charge is 0.448 e. The van der Waals surface area contributed by atoms with Crippen molar-refractivity contribution in [1.29, 1.82) is 0 Å². The van der Waals surface area contributed by atoms with Crippen LogP contribution in [0.5, 0.6) is 0 Å². The van der Waals surface area contributed by atoms with Gasteiger partial charge in [-0.2, -0.15) is 0 Å². The van der Waals surface area contributed by atoms with Crippen molar-refractivity contribution in [3.05, 3.63) is 0 Å². The van der Waals surface area contributed by atoms with Gasteiger partial charge in [-0.05, 0) is 41.5 Å². The number of hydrogen-bond donors (Lipinski definition) is 0. The fraction of sp³-hybridized carbons (Fsp3) is 0.667. The summed E-state index contributed by atoms with van der Waals surface area (Å²) in [6, 6.07) is 0. The van der Waals surface area contributed by atoms with Gasteiger partial charge in [0.2, 0.25) is 0 Å². The maximum atomic E-state index is 12.0. The summed E-state index contributed by atoms with van der Waals surface area (Å²) in [7, 11) is 0. The Hall–Kier alpha value is -3.18. The lowest BCUT2D eigenvalue weighted by molar-refractivity contribution is -0.191. The molecule has 1 aliphatic heterocycles. The summed E-state index contributed by atoms with van der Waals surface area (Å²) in [5.41, 5.74) is 0. The molecule has 1 aliphatic rings. The van der Waals surface area contributed by atoms with E-state index in [0.29, 0.717) is 0 Å². The molecule has 0 aromatic rings. The summed E-state index contributed by atoms with van der Waals surface area (Å²) in [6.07, 6.45) is -8.63. The van der Waals surface area contributed by atoms with Crippen LogP contribution in [-0.2, 0) is 57.2 Å². The van der Waals surface area contributed by atoms with E-state index < -0.39 is 72.4 Å². The first-order valence-electron chi connectivity index (χ1n) is 9.06. The Morgan fingerprint density at radius 1 is 0.333 bits per heavy atom. The number of ether oxygens (including phenoxy) is 6. The number of carbonyl (C=O) groups is 6. The highest BCUT2D eigenvalue weighted by Crippen LogP contribution is 2.10. The Morgan fingerprint density at radius 3 is 0.533 bits per heavy atom. The Balaban J connectivity index is 3.04. The second-order valence-corrected chi connectivity index (χ2v) is 6.47. The van der Waals surface area contributed by atoms with Crippen LogP contribution in [0.25, 0.3) is 0 Å². The molecule has 168 valence electrons. The molecule has 0 unspecified atom stereocenters. The van der Waals surface area contributed by atoms with Crippen molar-refractivity contribution in [2.75, 3.05) is 0 Å². The van der Waals surface area contributed by atoms with Crippen LogP contribution in [0.15, 0.2) is 0 Å². The number of cyclic esters (lactones) is 6. The van der Waals surface area contributed by atoms with E-state index in [4.69, 9.17) is 28.4 Å². The highest BCUT2D eigenvalue weighted by Gasteiger charge is 2.33. The lowest BCUT2D eigenvalue weighted by Crippen LogP contribution is -2.40. The molecule has 0 aromatic carbocycles. The van der Waals surface area contributed by atoms with Crippen LogP contribution < -0.4 is 0 Å². The molecule has 0 saturated carbocycles. The summed E-state index contributed by atoms with van der Waals surface area (Å²) in [5, 5.41) is 0. The molecule has 0 spiro atoms. The second kappa shape index (κ2) is 10.6. The van der Waals surface area contributed by atoms with Crippen LogP contribution in [0.3, 0.4) is 0 Å². The van der Waals surface area contributed by atoms with E-state index in [0.717, 1.165) is 0 Å². The molecule has 1 rings (SSSR count). The average Bonchev–Trinajstić information content (AvgIpc) is 2.66. The lowest BCUT2D eigenvalue weighted by Gasteiger charge is -2.22. The van der Waals surface area contributed by atoms with Crippen LogP contribution in [0, 0.1) is 0 Å². The molecule has 1 saturated heterocycles. The highest BCUT2D eigenvalue weighted by molar-refractivity contribution is 5.88. The second-order valence-electron chi connectivity index (χ2n) is 6.47. The molecule has 0 bridgehead atoms. The Bertz CT molecular complexity index is 559. The molecule has 1 fully saturated rings. The van der Waals surface area contributed by atoms with Crippen LogP contribution >= 0.6 is 0 Å². The Labute approximate surface area is 172 Å². The molecular weight excluding hydrogens is 408 g/mol. The summed E-state index contributed by atoms with van der Waals surface area (Å²) < 4.78 is 29.0. The summed E-state index contributed by atoms with van der Waals surface area (Å²) >= 11 is 0. The zero-order valence-corrected chi connectivity index (χ0v) is 17.4. The van der Waals surface area contributed by atoms with Crippen LogP contribution in [-0.4, -0.2) is 72.4 Å². The van der Waals surface area contributed by atoms with Gasteiger partial charge in [0.1, 0.15) is 0 Å². The van der Waals surface area contributed by atoms with E-state index in [-0.39, 0.29) is 0 Å². The normalized spacial score (nSPS) is 33.0. The topological polar surface area (TPSA) is 158 Å². The number of hydrogen-bond acceptors (Lipinski definition) is 12. The van der Waals surface area contributed by atoms with E-state index in [1.807, 2.05) is 0 Å². The summed E-state index contributed by atoms with van der Waals surface area (Å²) in [6.45, 7) is 7.07. The van der Waals surface area contributed by atoms with Gasteiger partial charge in [-0.3, -0.25) is 0 Å². The van der Waals surface area contributed by atoms with Gasteiger partial charge in [-0.1, -0.05) is 0 Å². The van der Waals surface area contributed by atoms with Crippen LogP contribution in [0.2, 0.25) is 0 Å². The summed E-state index contributed by atoms with van der Waals surface area (Å²) in [4.78, 5) is 72.0. The van der Waals surface area contributed by atoms with Gasteiger partial charge < -0.3 is 28.4 Å². The minimum absolute atomic E-state index is 1.07. The van der Waals surface area contributed by atoms with Gasteiger partial charge in [0.25, 0.3) is 0 Å². The van der Waals surface area contributed by atoms with Crippen molar-refractivity contribution in [2.24, 2.45) is 0 Å². The van der Waals surface area contributed by atoms with Crippen LogP contribution in [0.1, 0.15) is 41.5 Å². The third kappa shape index (κ3) is 7.01. The molecule has 1 heterocycles. The Kier molecular flexibility index (Phi) is 8.75. The monoisotopic (exact) mass is 432 g/mol. The molecular formula is C18H24O12. The molecule has 12 heteroatoms. The van der Waals surface area contributed by atoms with E-state index in [1.54, 1.807) is 0 Å². The van der Waals surface area contributed by atoms with Gasteiger partial charge in [-0.25, -0.2) is 28.8 Å². The van der Waals surface area contributed by atoms with Crippen molar-refractivity contribution in [1.82, 2.24) is 0 Å². The zero-order chi connectivity index (χ0) is 23.2. The fourth-order valence-corrected chi connectivity index (χ4v) is 1.91. The SMILES string of the molecule is C[C@@H]1OC(=O)[C@@H](C)OC(=O)[C@@H](C)OC(=O)[C@@H](C)OC(=O)[C@@H](C)OC(=O)[C@@H](C)OC1=O. The molecule has 0 aromatic heterocycles. The number of esters is 6. The number of rotatable bonds is 0. The first kappa shape index (κ1) is 24.9. The smallest absolute Gasteiger partial charge is 0.347 e. The van der Waals surface area contributed by atoms with Crippen molar-refractivity contribution < 1.29 is 57.2 Å². The van der Waals surface area contributed by atoms with Crippen molar-refractivity contribution in [3.63, 3.8) is 0 Å². The van der Waals surface area contributed by atoms with E-state index >= 15 is 0 Å². The predicted molar refractivity (Wildman–Crippen MR) is 93.3 cm³/mol. The third-order valence-electron chi connectivity index (χ3n) is 3.75. The third-order valence-corrected chi connectivity index (χ3v) is 3.75. The first-order chi connectivity index (χ1) is 13.8. The fourth-order valence-electron chi connectivity index (χ4n) is 1.91. The zero-order valence-electron chi connectivity index (χ0n) is 17.4. The van der Waals surface area contributed by atoms with Crippen molar-refractivity contribution in [3.8, 4) is 0 Å². The van der Waals surface area contributed by atoms with Gasteiger partial charge in [0.15, 0.2) is 36.6 Å². The quantitative estimate of drug-likeness (QED) is 0.360. The molecule has 6 atom stereocenters. The van der Waals surface area contributed by atoms with E-state index in [1.165, 1.54) is 41.5 Å². The maximum Gasteiger partial charge on any atom is 0.347 e. The van der Waals surface area contributed by atoms with Crippen LogP contribution in [0.4, 0.5) is 0 Å². The summed E-state index contributed by atoms with van der Waals surface area (Å²) in [5.74, 6) is -6.42. The highest BCUT2D eigenvalue weighted by atomic mass is 16.7. The molecule has 30 heavy (non-hydrogen) atoms. The first-order valence-corrected chi connectivity index (χ1v) is 9.06. The van der Waals surface area contributed by atoms with Gasteiger partial charge in [0, 0.05) is 0 Å². The molecule has 0 radical (unpaired) electrons. The Morgan fingerprint density at radius 2 is 0.433 bits per heavy atom. The van der Waals surface area contributed by atoms with E-state index in [2.05, 4.69) is 0 Å². The van der Waals surface area contributed by atoms with Crippen molar-refractivity contribution in [2.45, 2.75) is 78.2 Å². The van der Waals surface area contributed by atoms with Crippen molar-refractivity contribution >= 4 is 35.8 Å². The molecule has 0 N–H and O–H groups in total. The predicted octanol–water partition coefficient (Wildman–Crippen LogP) is -0.410. The molecule has 0 aliphatic carbocycles. The minimum atomic E-state index is -1.44. The van der Waals surface area contributed by atoms with Gasteiger partial charge in [-0.15, -0.1) is 0 Å². The van der Waals surface area contributed by atoms with Gasteiger partial charge >= 0.3 is 35.8 Å². The number of carbonyl (C=O) groups excluding carboxylic acids is 6. The average molecular weight is 432 g/mol.